The second kappa shape index (κ2) is 5.90. The van der Waals surface area contributed by atoms with Crippen molar-refractivity contribution < 1.29 is 4.74 Å². The number of hydrogen-bond acceptors (Lipinski definition) is 4. The van der Waals surface area contributed by atoms with E-state index in [1.165, 1.54) is 17.5 Å². The van der Waals surface area contributed by atoms with E-state index in [1.54, 1.807) is 0 Å². The largest absolute Gasteiger partial charge is 0.475 e. The standard InChI is InChI=1S/C16H18ClN3O/c1-10(2)21-15-8-14(18-9-19-15)20-16-12-6-4-3-5-11(12)7-13(16)17/h3-6,8-10,13,16H,7H2,1-2H3,(H,18,19,20). The Bertz CT molecular complexity index is 632. The highest BCUT2D eigenvalue weighted by atomic mass is 35.5. The zero-order valence-corrected chi connectivity index (χ0v) is 12.8. The van der Waals surface area contributed by atoms with Gasteiger partial charge in [-0.2, -0.15) is 0 Å². The molecule has 0 saturated carbocycles. The molecule has 21 heavy (non-hydrogen) atoms. The SMILES string of the molecule is CC(C)Oc1cc(NC2c3ccccc3CC2Cl)ncn1. The summed E-state index contributed by atoms with van der Waals surface area (Å²) in [5, 5.41) is 3.42. The van der Waals surface area contributed by atoms with Gasteiger partial charge in [-0.15, -0.1) is 11.6 Å². The fourth-order valence-corrected chi connectivity index (χ4v) is 2.96. The summed E-state index contributed by atoms with van der Waals surface area (Å²) in [6, 6.07) is 10.2. The molecule has 0 bridgehead atoms. The molecule has 110 valence electrons. The Balaban J connectivity index is 1.81. The first-order chi connectivity index (χ1) is 10.1. The predicted molar refractivity (Wildman–Crippen MR) is 83.9 cm³/mol. The molecule has 2 atom stereocenters. The van der Waals surface area contributed by atoms with Gasteiger partial charge in [0.2, 0.25) is 5.88 Å². The maximum absolute atomic E-state index is 6.48. The van der Waals surface area contributed by atoms with Gasteiger partial charge >= 0.3 is 0 Å². The summed E-state index contributed by atoms with van der Waals surface area (Å²) < 4.78 is 5.59. The van der Waals surface area contributed by atoms with Gasteiger partial charge in [-0.25, -0.2) is 9.97 Å². The summed E-state index contributed by atoms with van der Waals surface area (Å²) in [5.41, 5.74) is 2.53. The van der Waals surface area contributed by atoms with E-state index in [2.05, 4.69) is 27.4 Å². The van der Waals surface area contributed by atoms with Crippen LogP contribution in [0.15, 0.2) is 36.7 Å². The van der Waals surface area contributed by atoms with Gasteiger partial charge in [0.25, 0.3) is 0 Å². The second-order valence-electron chi connectivity index (χ2n) is 5.45. The van der Waals surface area contributed by atoms with Gasteiger partial charge in [-0.1, -0.05) is 24.3 Å². The summed E-state index contributed by atoms with van der Waals surface area (Å²) in [7, 11) is 0. The molecule has 1 heterocycles. The molecular weight excluding hydrogens is 286 g/mol. The first-order valence-corrected chi connectivity index (χ1v) is 7.54. The van der Waals surface area contributed by atoms with Crippen LogP contribution >= 0.6 is 11.6 Å². The van der Waals surface area contributed by atoms with Gasteiger partial charge in [0.15, 0.2) is 0 Å². The molecule has 1 aliphatic rings. The molecule has 1 aromatic carbocycles. The maximum atomic E-state index is 6.48. The monoisotopic (exact) mass is 303 g/mol. The van der Waals surface area contributed by atoms with Gasteiger partial charge in [-0.3, -0.25) is 0 Å². The van der Waals surface area contributed by atoms with Crippen LogP contribution in [0.5, 0.6) is 5.88 Å². The molecule has 2 unspecified atom stereocenters. The van der Waals surface area contributed by atoms with Crippen LogP contribution < -0.4 is 10.1 Å². The lowest BCUT2D eigenvalue weighted by Crippen LogP contribution is -2.17. The molecule has 4 nitrogen and oxygen atoms in total. The van der Waals surface area contributed by atoms with Gasteiger partial charge < -0.3 is 10.1 Å². The van der Waals surface area contributed by atoms with Crippen molar-refractivity contribution in [2.75, 3.05) is 5.32 Å². The minimum absolute atomic E-state index is 0.0202. The fourth-order valence-electron chi connectivity index (χ4n) is 2.60. The minimum atomic E-state index is 0.0202. The molecule has 1 aromatic heterocycles. The van der Waals surface area contributed by atoms with Crippen LogP contribution in [0, 0.1) is 0 Å². The van der Waals surface area contributed by atoms with Gasteiger partial charge in [0.05, 0.1) is 17.5 Å². The van der Waals surface area contributed by atoms with Crippen LogP contribution in [-0.4, -0.2) is 21.4 Å². The third-order valence-electron chi connectivity index (χ3n) is 3.47. The first-order valence-electron chi connectivity index (χ1n) is 7.10. The van der Waals surface area contributed by atoms with E-state index >= 15 is 0 Å². The number of rotatable bonds is 4. The van der Waals surface area contributed by atoms with E-state index in [1.807, 2.05) is 32.0 Å². The van der Waals surface area contributed by atoms with Crippen molar-refractivity contribution in [3.05, 3.63) is 47.8 Å². The van der Waals surface area contributed by atoms with Crippen molar-refractivity contribution in [3.63, 3.8) is 0 Å². The Morgan fingerprint density at radius 2 is 2.10 bits per heavy atom. The molecule has 0 radical (unpaired) electrons. The molecule has 0 saturated heterocycles. The highest BCUT2D eigenvalue weighted by Crippen LogP contribution is 2.36. The van der Waals surface area contributed by atoms with Crippen LogP contribution in [0.3, 0.4) is 0 Å². The molecule has 0 fully saturated rings. The van der Waals surface area contributed by atoms with Crippen molar-refractivity contribution in [3.8, 4) is 5.88 Å². The summed E-state index contributed by atoms with van der Waals surface area (Å²) in [5.74, 6) is 1.30. The number of halogens is 1. The van der Waals surface area contributed by atoms with E-state index in [9.17, 15) is 0 Å². The number of benzene rings is 1. The molecular formula is C16H18ClN3O. The van der Waals surface area contributed by atoms with E-state index in [0.717, 1.165) is 12.2 Å². The molecule has 5 heteroatoms. The van der Waals surface area contributed by atoms with Gasteiger partial charge in [0.1, 0.15) is 12.1 Å². The van der Waals surface area contributed by atoms with E-state index < -0.39 is 0 Å². The van der Waals surface area contributed by atoms with Gasteiger partial charge in [-0.05, 0) is 31.4 Å². The molecule has 0 amide bonds. The topological polar surface area (TPSA) is 47.0 Å². The minimum Gasteiger partial charge on any atom is -0.475 e. The summed E-state index contributed by atoms with van der Waals surface area (Å²) in [6.07, 6.45) is 2.46. The number of nitrogens with one attached hydrogen (secondary N) is 1. The lowest BCUT2D eigenvalue weighted by Gasteiger charge is -2.18. The summed E-state index contributed by atoms with van der Waals surface area (Å²) >= 11 is 6.48. The smallest absolute Gasteiger partial charge is 0.218 e. The van der Waals surface area contributed by atoms with Crippen LogP contribution in [0.4, 0.5) is 5.82 Å². The first kappa shape index (κ1) is 14.1. The molecule has 0 spiro atoms. The van der Waals surface area contributed by atoms with Gasteiger partial charge in [0, 0.05) is 6.07 Å². The Hall–Kier alpha value is -1.81. The number of hydrogen-bond donors (Lipinski definition) is 1. The van der Waals surface area contributed by atoms with Crippen molar-refractivity contribution in [1.29, 1.82) is 0 Å². The number of nitrogens with zero attached hydrogens (tertiary/aromatic N) is 2. The second-order valence-corrected chi connectivity index (χ2v) is 6.01. The van der Waals surface area contributed by atoms with Crippen LogP contribution in [0.2, 0.25) is 0 Å². The van der Waals surface area contributed by atoms with Crippen molar-refractivity contribution in [2.24, 2.45) is 0 Å². The van der Waals surface area contributed by atoms with Crippen LogP contribution in [0.25, 0.3) is 0 Å². The van der Waals surface area contributed by atoms with Crippen molar-refractivity contribution in [1.82, 2.24) is 9.97 Å². The normalized spacial score (nSPS) is 20.4. The van der Waals surface area contributed by atoms with E-state index in [0.29, 0.717) is 5.88 Å². The molecule has 3 rings (SSSR count). The lowest BCUT2D eigenvalue weighted by molar-refractivity contribution is 0.232. The van der Waals surface area contributed by atoms with Crippen molar-refractivity contribution >= 4 is 17.4 Å². The number of fused-ring (bicyclic) bond motifs is 1. The number of anilines is 1. The highest BCUT2D eigenvalue weighted by Gasteiger charge is 2.30. The average Bonchev–Trinajstić information content (AvgIpc) is 2.75. The lowest BCUT2D eigenvalue weighted by atomic mass is 10.1. The quantitative estimate of drug-likeness (QED) is 0.877. The number of alkyl halides is 1. The summed E-state index contributed by atoms with van der Waals surface area (Å²) in [6.45, 7) is 3.94. The van der Waals surface area contributed by atoms with E-state index in [4.69, 9.17) is 16.3 Å². The zero-order valence-electron chi connectivity index (χ0n) is 12.1. The summed E-state index contributed by atoms with van der Waals surface area (Å²) in [4.78, 5) is 8.37. The number of aromatic nitrogens is 2. The zero-order chi connectivity index (χ0) is 14.8. The molecule has 1 aliphatic carbocycles. The predicted octanol–water partition coefficient (Wildman–Crippen LogP) is 3.58. The molecule has 1 N–H and O–H groups in total. The molecule has 0 aliphatic heterocycles. The fraction of sp³-hybridized carbons (Fsp3) is 0.375. The molecule has 2 aromatic rings. The maximum Gasteiger partial charge on any atom is 0.218 e. The highest BCUT2D eigenvalue weighted by molar-refractivity contribution is 6.21. The van der Waals surface area contributed by atoms with Crippen molar-refractivity contribution in [2.45, 2.75) is 37.8 Å². The third kappa shape index (κ3) is 3.10. The van der Waals surface area contributed by atoms with Crippen LogP contribution in [-0.2, 0) is 6.42 Å². The van der Waals surface area contributed by atoms with Crippen LogP contribution in [0.1, 0.15) is 31.0 Å². The Morgan fingerprint density at radius 3 is 2.90 bits per heavy atom. The number of ether oxygens (including phenoxy) is 1. The Labute approximate surface area is 129 Å². The Kier molecular flexibility index (Phi) is 3.97. The third-order valence-corrected chi connectivity index (χ3v) is 3.87. The van der Waals surface area contributed by atoms with E-state index in [-0.39, 0.29) is 17.5 Å². The Morgan fingerprint density at radius 1 is 1.29 bits per heavy atom. The average molecular weight is 304 g/mol.